The van der Waals surface area contributed by atoms with Gasteiger partial charge in [-0.25, -0.2) is 14.5 Å². The fraction of sp³-hybridized carbons (Fsp3) is 0.800. The van der Waals surface area contributed by atoms with Gasteiger partial charge in [0.25, 0.3) is 0 Å². The summed E-state index contributed by atoms with van der Waals surface area (Å²) < 4.78 is 11.1. The van der Waals surface area contributed by atoms with Crippen molar-refractivity contribution in [3.05, 3.63) is 12.7 Å². The lowest BCUT2D eigenvalue weighted by Crippen LogP contribution is -2.50. The van der Waals surface area contributed by atoms with Crippen LogP contribution in [-0.4, -0.2) is 47.3 Å². The Hall–Kier alpha value is -2.05. The van der Waals surface area contributed by atoms with Gasteiger partial charge in [-0.2, -0.15) is 0 Å². The highest BCUT2D eigenvalue weighted by molar-refractivity contribution is 6.01. The zero-order valence-corrected chi connectivity index (χ0v) is 21.2. The Bertz CT molecular complexity index is 624. The molecule has 0 radical (unpaired) electrons. The summed E-state index contributed by atoms with van der Waals surface area (Å²) in [6.07, 6.45) is 10.3. The topological polar surface area (TPSA) is 80.2 Å². The summed E-state index contributed by atoms with van der Waals surface area (Å²) in [6.45, 7) is 15.6. The first-order valence-electron chi connectivity index (χ1n) is 12.1. The molecule has 0 aromatic rings. The second kappa shape index (κ2) is 13.5. The molecule has 7 nitrogen and oxygen atoms in total. The Labute approximate surface area is 195 Å². The molecule has 1 aliphatic rings. The van der Waals surface area contributed by atoms with Crippen molar-refractivity contribution in [2.45, 2.75) is 111 Å². The average Bonchev–Trinajstić information content (AvgIpc) is 2.91. The third kappa shape index (κ3) is 12.7. The van der Waals surface area contributed by atoms with Gasteiger partial charge in [0, 0.05) is 13.1 Å². The molecule has 0 atom stereocenters. The Morgan fingerprint density at radius 1 is 1.00 bits per heavy atom. The van der Waals surface area contributed by atoms with Gasteiger partial charge in [0.15, 0.2) is 0 Å². The molecule has 0 aromatic heterocycles. The fourth-order valence-electron chi connectivity index (χ4n) is 3.51. The predicted octanol–water partition coefficient (Wildman–Crippen LogP) is 6.43. The van der Waals surface area contributed by atoms with E-state index in [2.05, 4.69) is 11.9 Å². The van der Waals surface area contributed by atoms with Crippen LogP contribution in [0.2, 0.25) is 0 Å². The fourth-order valence-corrected chi connectivity index (χ4v) is 3.51. The van der Waals surface area contributed by atoms with Crippen LogP contribution in [0, 0.1) is 5.92 Å². The van der Waals surface area contributed by atoms with E-state index in [0.717, 1.165) is 32.1 Å². The van der Waals surface area contributed by atoms with Crippen LogP contribution in [0.3, 0.4) is 0 Å². The molecular formula is C25H45N3O4. The monoisotopic (exact) mass is 451 g/mol. The molecule has 1 saturated carbocycles. The van der Waals surface area contributed by atoms with Crippen LogP contribution in [0.15, 0.2) is 17.6 Å². The van der Waals surface area contributed by atoms with Crippen LogP contribution in [-0.2, 0) is 9.47 Å². The number of hydrogen-bond donors (Lipinski definition) is 1. The van der Waals surface area contributed by atoms with E-state index in [9.17, 15) is 9.59 Å². The summed E-state index contributed by atoms with van der Waals surface area (Å²) in [5, 5.41) is 2.73. The number of carbonyl (C=O) groups excluding carboxylic acids is 2. The molecule has 1 fully saturated rings. The van der Waals surface area contributed by atoms with Crippen molar-refractivity contribution < 1.29 is 19.1 Å². The molecule has 0 bridgehead atoms. The first kappa shape index (κ1) is 28.0. The average molecular weight is 452 g/mol. The van der Waals surface area contributed by atoms with Crippen molar-refractivity contribution in [1.82, 2.24) is 10.2 Å². The number of unbranched alkanes of at least 4 members (excludes halogenated alkanes) is 2. The first-order valence-corrected chi connectivity index (χ1v) is 12.1. The van der Waals surface area contributed by atoms with Crippen LogP contribution < -0.4 is 5.32 Å². The van der Waals surface area contributed by atoms with Crippen LogP contribution in [0.4, 0.5) is 9.59 Å². The maximum Gasteiger partial charge on any atom is 0.417 e. The van der Waals surface area contributed by atoms with E-state index in [0.29, 0.717) is 19.0 Å². The molecule has 0 heterocycles. The highest BCUT2D eigenvalue weighted by Gasteiger charge is 2.28. The number of nitrogens with one attached hydrogen (secondary N) is 1. The lowest BCUT2D eigenvalue weighted by Gasteiger charge is -2.29. The van der Waals surface area contributed by atoms with Crippen LogP contribution in [0.1, 0.15) is 99.3 Å². The normalized spacial score (nSPS) is 16.1. The van der Waals surface area contributed by atoms with Gasteiger partial charge in [0.05, 0.1) is 0 Å². The number of guanidine groups is 1. The zero-order valence-electron chi connectivity index (χ0n) is 21.2. The Kier molecular flexibility index (Phi) is 11.8. The first-order chi connectivity index (χ1) is 14.9. The zero-order chi connectivity index (χ0) is 24.2. The number of rotatable bonds is 7. The van der Waals surface area contributed by atoms with E-state index in [4.69, 9.17) is 14.5 Å². The lowest BCUT2D eigenvalue weighted by atomic mass is 10.0. The molecule has 7 heteroatoms. The summed E-state index contributed by atoms with van der Waals surface area (Å²) in [4.78, 5) is 31.8. The number of carbonyl (C=O) groups is 2. The summed E-state index contributed by atoms with van der Waals surface area (Å²) in [5.41, 5.74) is -1.31. The maximum atomic E-state index is 13.0. The quantitative estimate of drug-likeness (QED) is 0.159. The Morgan fingerprint density at radius 2 is 1.59 bits per heavy atom. The van der Waals surface area contributed by atoms with E-state index < -0.39 is 23.4 Å². The second-order valence-corrected chi connectivity index (χ2v) is 10.6. The minimum absolute atomic E-state index is 0.205. The van der Waals surface area contributed by atoms with Gasteiger partial charge in [0.2, 0.25) is 5.96 Å². The van der Waals surface area contributed by atoms with Crippen molar-refractivity contribution in [2.75, 3.05) is 13.1 Å². The minimum Gasteiger partial charge on any atom is -0.444 e. The number of aliphatic imine (C=N–C) groups is 1. The highest BCUT2D eigenvalue weighted by Crippen LogP contribution is 2.23. The summed E-state index contributed by atoms with van der Waals surface area (Å²) in [5.74, 6) is 0.658. The molecule has 2 amide bonds. The van der Waals surface area contributed by atoms with Crippen molar-refractivity contribution in [2.24, 2.45) is 10.9 Å². The molecule has 0 spiro atoms. The molecule has 1 rings (SSSR count). The third-order valence-electron chi connectivity index (χ3n) is 5.00. The lowest BCUT2D eigenvalue weighted by molar-refractivity contribution is 0.0356. The van der Waals surface area contributed by atoms with Crippen LogP contribution in [0.25, 0.3) is 0 Å². The molecule has 32 heavy (non-hydrogen) atoms. The number of allylic oxidation sites excluding steroid dienone is 1. The largest absolute Gasteiger partial charge is 0.444 e. The third-order valence-corrected chi connectivity index (χ3v) is 5.00. The molecule has 184 valence electrons. The van der Waals surface area contributed by atoms with Gasteiger partial charge >= 0.3 is 12.2 Å². The summed E-state index contributed by atoms with van der Waals surface area (Å²) in [6, 6.07) is 0. The second-order valence-electron chi connectivity index (χ2n) is 10.6. The standard InChI is InChI=1S/C25H45N3O4/c1-8-9-10-15-18-28(23(30)32-25(5,6)7)21(27-22(29)31-24(2,3)4)26-19-20-16-13-11-12-14-17-20/h8,20H,1,9-19H2,2-7H3,(H,26,27,29). The Morgan fingerprint density at radius 3 is 2.12 bits per heavy atom. The molecule has 0 aliphatic heterocycles. The van der Waals surface area contributed by atoms with Crippen LogP contribution >= 0.6 is 0 Å². The van der Waals surface area contributed by atoms with Crippen LogP contribution in [0.5, 0.6) is 0 Å². The van der Waals surface area contributed by atoms with Gasteiger partial charge < -0.3 is 9.47 Å². The van der Waals surface area contributed by atoms with E-state index in [1.165, 1.54) is 30.6 Å². The Balaban J connectivity index is 3.10. The molecular weight excluding hydrogens is 406 g/mol. The van der Waals surface area contributed by atoms with E-state index in [-0.39, 0.29) is 5.96 Å². The number of alkyl carbamates (subject to hydrolysis) is 1. The van der Waals surface area contributed by atoms with Gasteiger partial charge in [-0.15, -0.1) is 6.58 Å². The number of hydrogen-bond acceptors (Lipinski definition) is 5. The molecule has 0 unspecified atom stereocenters. The molecule has 0 saturated heterocycles. The number of ether oxygens (including phenoxy) is 2. The summed E-state index contributed by atoms with van der Waals surface area (Å²) in [7, 11) is 0. The van der Waals surface area contributed by atoms with Gasteiger partial charge in [-0.05, 0) is 79.6 Å². The van der Waals surface area contributed by atoms with Crippen molar-refractivity contribution >= 4 is 18.1 Å². The van der Waals surface area contributed by atoms with Crippen molar-refractivity contribution in [1.29, 1.82) is 0 Å². The van der Waals surface area contributed by atoms with Crippen molar-refractivity contribution in [3.8, 4) is 0 Å². The van der Waals surface area contributed by atoms with Gasteiger partial charge in [-0.1, -0.05) is 31.8 Å². The highest BCUT2D eigenvalue weighted by atomic mass is 16.6. The summed E-state index contributed by atoms with van der Waals surface area (Å²) >= 11 is 0. The number of nitrogens with zero attached hydrogens (tertiary/aromatic N) is 2. The smallest absolute Gasteiger partial charge is 0.417 e. The minimum atomic E-state index is -0.658. The molecule has 1 aliphatic carbocycles. The molecule has 0 aromatic carbocycles. The SMILES string of the molecule is C=CCCCCN(C(=O)OC(C)(C)C)C(=NCC1CCCCCC1)NC(=O)OC(C)(C)C. The van der Waals surface area contributed by atoms with Gasteiger partial charge in [0.1, 0.15) is 11.2 Å². The maximum absolute atomic E-state index is 13.0. The van der Waals surface area contributed by atoms with Crippen molar-refractivity contribution in [3.63, 3.8) is 0 Å². The van der Waals surface area contributed by atoms with E-state index in [1.54, 1.807) is 20.8 Å². The van der Waals surface area contributed by atoms with E-state index >= 15 is 0 Å². The van der Waals surface area contributed by atoms with E-state index in [1.807, 2.05) is 26.8 Å². The van der Waals surface area contributed by atoms with Gasteiger partial charge in [-0.3, -0.25) is 10.3 Å². The number of amides is 2. The molecule has 1 N–H and O–H groups in total. The predicted molar refractivity (Wildman–Crippen MR) is 130 cm³/mol.